The van der Waals surface area contributed by atoms with E-state index in [1.54, 1.807) is 29.0 Å². The summed E-state index contributed by atoms with van der Waals surface area (Å²) in [5.74, 6) is 0.245. The van der Waals surface area contributed by atoms with Gasteiger partial charge in [-0.3, -0.25) is 4.98 Å². The molecule has 3 heterocycles. The Kier molecular flexibility index (Phi) is 3.92. The first kappa shape index (κ1) is 14.8. The second-order valence-electron chi connectivity index (χ2n) is 5.09. The number of aromatic nitrogens is 5. The summed E-state index contributed by atoms with van der Waals surface area (Å²) in [6.07, 6.45) is 3.47. The standard InChI is InChI=1S/C17H12FN5S/c18-14-6-2-1-4-13(14)11-24-17-21-20-16-8-7-15(22-23(16)17)12-5-3-9-19-10-12/h1-10H,11H2. The average molecular weight is 337 g/mol. The Morgan fingerprint density at radius 2 is 1.92 bits per heavy atom. The van der Waals surface area contributed by atoms with Gasteiger partial charge in [0, 0.05) is 23.7 Å². The molecule has 3 aromatic heterocycles. The quantitative estimate of drug-likeness (QED) is 0.532. The van der Waals surface area contributed by atoms with Crippen LogP contribution in [-0.4, -0.2) is 24.8 Å². The molecule has 0 aliphatic carbocycles. The molecule has 1 aromatic carbocycles. The van der Waals surface area contributed by atoms with Crippen molar-refractivity contribution >= 4 is 17.4 Å². The lowest BCUT2D eigenvalue weighted by Crippen LogP contribution is -1.97. The molecule has 0 aliphatic rings. The van der Waals surface area contributed by atoms with Gasteiger partial charge in [-0.05, 0) is 35.9 Å². The molecule has 0 saturated carbocycles. The average Bonchev–Trinajstić information content (AvgIpc) is 3.04. The topological polar surface area (TPSA) is 56.0 Å². The molecule has 118 valence electrons. The maximum Gasteiger partial charge on any atom is 0.212 e. The van der Waals surface area contributed by atoms with E-state index in [0.29, 0.717) is 22.1 Å². The van der Waals surface area contributed by atoms with Crippen molar-refractivity contribution in [2.75, 3.05) is 0 Å². The summed E-state index contributed by atoms with van der Waals surface area (Å²) >= 11 is 1.40. The lowest BCUT2D eigenvalue weighted by atomic mass is 10.2. The highest BCUT2D eigenvalue weighted by atomic mass is 32.2. The van der Waals surface area contributed by atoms with Crippen molar-refractivity contribution in [3.05, 3.63) is 72.3 Å². The normalized spacial score (nSPS) is 11.0. The van der Waals surface area contributed by atoms with Crippen molar-refractivity contribution in [2.24, 2.45) is 0 Å². The highest BCUT2D eigenvalue weighted by Gasteiger charge is 2.11. The highest BCUT2D eigenvalue weighted by Crippen LogP contribution is 2.24. The number of thioether (sulfide) groups is 1. The summed E-state index contributed by atoms with van der Waals surface area (Å²) in [6.45, 7) is 0. The number of halogens is 1. The van der Waals surface area contributed by atoms with Crippen molar-refractivity contribution in [1.29, 1.82) is 0 Å². The number of rotatable bonds is 4. The molecule has 7 heteroatoms. The van der Waals surface area contributed by atoms with Gasteiger partial charge in [-0.25, -0.2) is 4.39 Å². The summed E-state index contributed by atoms with van der Waals surface area (Å²) in [5, 5.41) is 13.5. The van der Waals surface area contributed by atoms with Crippen LogP contribution in [-0.2, 0) is 5.75 Å². The van der Waals surface area contributed by atoms with E-state index in [9.17, 15) is 4.39 Å². The first-order chi connectivity index (χ1) is 11.8. The molecule has 0 saturated heterocycles. The van der Waals surface area contributed by atoms with Crippen molar-refractivity contribution in [1.82, 2.24) is 24.8 Å². The molecule has 0 aliphatic heterocycles. The fraction of sp³-hybridized carbons (Fsp3) is 0.0588. The van der Waals surface area contributed by atoms with E-state index in [4.69, 9.17) is 0 Å². The molecule has 0 N–H and O–H groups in total. The lowest BCUT2D eigenvalue weighted by molar-refractivity contribution is 0.617. The number of nitrogens with zero attached hydrogens (tertiary/aromatic N) is 5. The summed E-state index contributed by atoms with van der Waals surface area (Å²) in [7, 11) is 0. The predicted octanol–water partition coefficient (Wildman–Crippen LogP) is 3.62. The summed E-state index contributed by atoms with van der Waals surface area (Å²) in [6, 6.07) is 14.3. The van der Waals surface area contributed by atoms with Crippen LogP contribution in [0, 0.1) is 5.82 Å². The van der Waals surface area contributed by atoms with Crippen LogP contribution in [0.15, 0.2) is 66.1 Å². The zero-order chi connectivity index (χ0) is 16.4. The molecule has 0 radical (unpaired) electrons. The molecule has 0 spiro atoms. The Balaban J connectivity index is 1.65. The molecule has 24 heavy (non-hydrogen) atoms. The maximum atomic E-state index is 13.7. The third-order valence-electron chi connectivity index (χ3n) is 3.51. The fourth-order valence-electron chi connectivity index (χ4n) is 2.29. The Labute approximate surface area is 141 Å². The largest absolute Gasteiger partial charge is 0.264 e. The lowest BCUT2D eigenvalue weighted by Gasteiger charge is -2.03. The maximum absolute atomic E-state index is 13.7. The minimum Gasteiger partial charge on any atom is -0.264 e. The van der Waals surface area contributed by atoms with E-state index in [-0.39, 0.29) is 5.82 Å². The second-order valence-corrected chi connectivity index (χ2v) is 6.04. The zero-order valence-electron chi connectivity index (χ0n) is 12.5. The van der Waals surface area contributed by atoms with Gasteiger partial charge in [-0.2, -0.15) is 9.61 Å². The van der Waals surface area contributed by atoms with Crippen LogP contribution >= 0.6 is 11.8 Å². The Morgan fingerprint density at radius 3 is 2.75 bits per heavy atom. The molecule has 0 amide bonds. The molecular formula is C17H12FN5S. The van der Waals surface area contributed by atoms with Crippen LogP contribution in [0.3, 0.4) is 0 Å². The first-order valence-electron chi connectivity index (χ1n) is 7.30. The van der Waals surface area contributed by atoms with Crippen molar-refractivity contribution in [2.45, 2.75) is 10.9 Å². The summed E-state index contributed by atoms with van der Waals surface area (Å²) in [5.41, 5.74) is 2.97. The Hall–Kier alpha value is -2.80. The van der Waals surface area contributed by atoms with E-state index in [1.165, 1.54) is 17.8 Å². The Morgan fingerprint density at radius 1 is 1.00 bits per heavy atom. The third kappa shape index (κ3) is 2.85. The van der Waals surface area contributed by atoms with E-state index < -0.39 is 0 Å². The van der Waals surface area contributed by atoms with Crippen molar-refractivity contribution in [3.8, 4) is 11.3 Å². The molecule has 5 nitrogen and oxygen atoms in total. The molecular weight excluding hydrogens is 325 g/mol. The first-order valence-corrected chi connectivity index (χ1v) is 8.29. The smallest absolute Gasteiger partial charge is 0.212 e. The van der Waals surface area contributed by atoms with Crippen LogP contribution in [0.2, 0.25) is 0 Å². The Bertz CT molecular complexity index is 987. The number of hydrogen-bond donors (Lipinski definition) is 0. The zero-order valence-corrected chi connectivity index (χ0v) is 13.3. The van der Waals surface area contributed by atoms with Gasteiger partial charge in [0.1, 0.15) is 5.82 Å². The molecule has 4 aromatic rings. The minimum absolute atomic E-state index is 0.220. The van der Waals surface area contributed by atoms with Gasteiger partial charge < -0.3 is 0 Å². The van der Waals surface area contributed by atoms with E-state index in [2.05, 4.69) is 20.3 Å². The van der Waals surface area contributed by atoms with Crippen molar-refractivity contribution in [3.63, 3.8) is 0 Å². The molecule has 0 atom stereocenters. The van der Waals surface area contributed by atoms with E-state index >= 15 is 0 Å². The highest BCUT2D eigenvalue weighted by molar-refractivity contribution is 7.98. The van der Waals surface area contributed by atoms with Gasteiger partial charge >= 0.3 is 0 Å². The van der Waals surface area contributed by atoms with Crippen LogP contribution in [0.4, 0.5) is 4.39 Å². The fourth-order valence-corrected chi connectivity index (χ4v) is 3.16. The third-order valence-corrected chi connectivity index (χ3v) is 4.47. The predicted molar refractivity (Wildman–Crippen MR) is 90.0 cm³/mol. The number of fused-ring (bicyclic) bond motifs is 1. The van der Waals surface area contributed by atoms with Crippen LogP contribution in [0.5, 0.6) is 0 Å². The molecule has 4 rings (SSSR count). The monoisotopic (exact) mass is 337 g/mol. The second kappa shape index (κ2) is 6.37. The van der Waals surface area contributed by atoms with Gasteiger partial charge in [0.05, 0.1) is 5.69 Å². The van der Waals surface area contributed by atoms with E-state index in [0.717, 1.165) is 11.3 Å². The molecule has 0 bridgehead atoms. The molecule has 0 unspecified atom stereocenters. The van der Waals surface area contributed by atoms with Gasteiger partial charge in [0.25, 0.3) is 0 Å². The number of pyridine rings is 1. The van der Waals surface area contributed by atoms with Crippen LogP contribution in [0.1, 0.15) is 5.56 Å². The van der Waals surface area contributed by atoms with Crippen molar-refractivity contribution < 1.29 is 4.39 Å². The SMILES string of the molecule is Fc1ccccc1CSc1nnc2ccc(-c3cccnc3)nn12. The van der Waals surface area contributed by atoms with Gasteiger partial charge in [-0.1, -0.05) is 30.0 Å². The molecule has 0 fully saturated rings. The van der Waals surface area contributed by atoms with Gasteiger partial charge in [0.15, 0.2) is 5.65 Å². The summed E-state index contributed by atoms with van der Waals surface area (Å²) < 4.78 is 15.4. The van der Waals surface area contributed by atoms with Crippen LogP contribution in [0.25, 0.3) is 16.9 Å². The number of benzene rings is 1. The van der Waals surface area contributed by atoms with Crippen LogP contribution < -0.4 is 0 Å². The van der Waals surface area contributed by atoms with E-state index in [1.807, 2.05) is 30.3 Å². The number of hydrogen-bond acceptors (Lipinski definition) is 5. The minimum atomic E-state index is -0.220. The summed E-state index contributed by atoms with van der Waals surface area (Å²) in [4.78, 5) is 4.11. The van der Waals surface area contributed by atoms with Gasteiger partial charge in [-0.15, -0.1) is 10.2 Å². The van der Waals surface area contributed by atoms with Gasteiger partial charge in [0.2, 0.25) is 5.16 Å².